The van der Waals surface area contributed by atoms with Crippen LogP contribution in [0.5, 0.6) is 0 Å². The zero-order chi connectivity index (χ0) is 9.31. The van der Waals surface area contributed by atoms with E-state index >= 15 is 0 Å². The maximum atomic E-state index is 10.0. The monoisotopic (exact) mass is 262 g/mol. The topological polar surface area (TPSA) is 45.2 Å². The van der Waals surface area contributed by atoms with Crippen LogP contribution in [0.3, 0.4) is 0 Å². The smallest absolute Gasteiger partial charge is 0.0965 e. The van der Waals surface area contributed by atoms with Crippen molar-refractivity contribution in [3.05, 3.63) is 15.0 Å². The molecule has 1 aromatic heterocycles. The van der Waals surface area contributed by atoms with Gasteiger partial charge in [-0.3, -0.25) is 0 Å². The molecule has 1 atom stereocenters. The SMILES string of the molecule is OC1(Cc2ncc(Br)s2)CCNC1. The second-order valence-electron chi connectivity index (χ2n) is 3.39. The highest BCUT2D eigenvalue weighted by atomic mass is 79.9. The highest BCUT2D eigenvalue weighted by Gasteiger charge is 2.31. The Morgan fingerprint density at radius 3 is 3.15 bits per heavy atom. The maximum Gasteiger partial charge on any atom is 0.0965 e. The first-order valence-electron chi connectivity index (χ1n) is 4.21. The number of nitrogens with one attached hydrogen (secondary N) is 1. The lowest BCUT2D eigenvalue weighted by Gasteiger charge is -2.19. The van der Waals surface area contributed by atoms with E-state index in [1.807, 2.05) is 0 Å². The average Bonchev–Trinajstić information content (AvgIpc) is 2.62. The standard InChI is InChI=1S/C8H11BrN2OS/c9-6-4-11-7(13-6)3-8(12)1-2-10-5-8/h4,10,12H,1-3,5H2. The Balaban J connectivity index is 2.04. The normalized spacial score (nSPS) is 28.2. The second kappa shape index (κ2) is 3.65. The van der Waals surface area contributed by atoms with Crippen LogP contribution in [0, 0.1) is 0 Å². The summed E-state index contributed by atoms with van der Waals surface area (Å²) < 4.78 is 1.03. The van der Waals surface area contributed by atoms with Gasteiger partial charge in [0, 0.05) is 13.0 Å². The molecule has 1 saturated heterocycles. The summed E-state index contributed by atoms with van der Waals surface area (Å²) in [4.78, 5) is 4.21. The molecule has 72 valence electrons. The zero-order valence-corrected chi connectivity index (χ0v) is 9.49. The number of β-amino-alcohol motifs (C(OH)–C–C–N with tert-alkyl or cyclic N) is 1. The number of rotatable bonds is 2. The van der Waals surface area contributed by atoms with Gasteiger partial charge in [-0.2, -0.15) is 0 Å². The van der Waals surface area contributed by atoms with Crippen LogP contribution in [0.15, 0.2) is 9.98 Å². The third kappa shape index (κ3) is 2.28. The molecule has 1 aromatic rings. The minimum absolute atomic E-state index is 0.572. The van der Waals surface area contributed by atoms with E-state index in [9.17, 15) is 5.11 Å². The van der Waals surface area contributed by atoms with Gasteiger partial charge in [0.15, 0.2) is 0 Å². The summed E-state index contributed by atoms with van der Waals surface area (Å²) in [6, 6.07) is 0. The molecule has 1 aliphatic rings. The van der Waals surface area contributed by atoms with Crippen LogP contribution < -0.4 is 5.32 Å². The van der Waals surface area contributed by atoms with Crippen molar-refractivity contribution in [2.45, 2.75) is 18.4 Å². The van der Waals surface area contributed by atoms with Crippen molar-refractivity contribution in [1.29, 1.82) is 0 Å². The highest BCUT2D eigenvalue weighted by Crippen LogP contribution is 2.25. The minimum atomic E-state index is -0.572. The number of aliphatic hydroxyl groups is 1. The van der Waals surface area contributed by atoms with Gasteiger partial charge in [0.25, 0.3) is 0 Å². The summed E-state index contributed by atoms with van der Waals surface area (Å²) in [7, 11) is 0. The molecule has 0 bridgehead atoms. The molecule has 0 aliphatic carbocycles. The minimum Gasteiger partial charge on any atom is -0.388 e. The molecule has 0 amide bonds. The molecular formula is C8H11BrN2OS. The highest BCUT2D eigenvalue weighted by molar-refractivity contribution is 9.11. The molecular weight excluding hydrogens is 252 g/mol. The molecule has 1 fully saturated rings. The number of thiazole rings is 1. The Hall–Kier alpha value is 0.0300. The molecule has 1 aliphatic heterocycles. The predicted molar refractivity (Wildman–Crippen MR) is 56.0 cm³/mol. The Morgan fingerprint density at radius 1 is 1.77 bits per heavy atom. The van der Waals surface area contributed by atoms with Crippen LogP contribution in [0.25, 0.3) is 0 Å². The van der Waals surface area contributed by atoms with Crippen molar-refractivity contribution in [3.63, 3.8) is 0 Å². The van der Waals surface area contributed by atoms with Crippen molar-refractivity contribution < 1.29 is 5.11 Å². The van der Waals surface area contributed by atoms with Crippen LogP contribution in [0.4, 0.5) is 0 Å². The van der Waals surface area contributed by atoms with E-state index in [2.05, 4.69) is 26.2 Å². The Labute approximate surface area is 89.3 Å². The van der Waals surface area contributed by atoms with Gasteiger partial charge >= 0.3 is 0 Å². The van der Waals surface area contributed by atoms with Gasteiger partial charge in [-0.15, -0.1) is 11.3 Å². The van der Waals surface area contributed by atoms with Crippen LogP contribution in [-0.2, 0) is 6.42 Å². The average molecular weight is 263 g/mol. The largest absolute Gasteiger partial charge is 0.388 e. The van der Waals surface area contributed by atoms with Crippen molar-refractivity contribution >= 4 is 27.3 Å². The Kier molecular flexibility index (Phi) is 2.69. The lowest BCUT2D eigenvalue weighted by molar-refractivity contribution is 0.0618. The number of halogens is 1. The molecule has 5 heteroatoms. The van der Waals surface area contributed by atoms with E-state index in [-0.39, 0.29) is 0 Å². The molecule has 0 aromatic carbocycles. The van der Waals surface area contributed by atoms with E-state index in [1.54, 1.807) is 17.5 Å². The molecule has 0 saturated carbocycles. The first kappa shape index (κ1) is 9.58. The molecule has 1 unspecified atom stereocenters. The van der Waals surface area contributed by atoms with Crippen molar-refractivity contribution in [2.24, 2.45) is 0 Å². The van der Waals surface area contributed by atoms with Crippen molar-refractivity contribution in [2.75, 3.05) is 13.1 Å². The van der Waals surface area contributed by atoms with Crippen molar-refractivity contribution in [1.82, 2.24) is 10.3 Å². The van der Waals surface area contributed by atoms with Gasteiger partial charge in [-0.05, 0) is 28.9 Å². The van der Waals surface area contributed by atoms with Gasteiger partial charge in [0.1, 0.15) is 0 Å². The predicted octanol–water partition coefficient (Wildman–Crippen LogP) is 1.17. The summed E-state index contributed by atoms with van der Waals surface area (Å²) in [6.07, 6.45) is 3.27. The van der Waals surface area contributed by atoms with Gasteiger partial charge in [-0.1, -0.05) is 0 Å². The summed E-state index contributed by atoms with van der Waals surface area (Å²) in [5.41, 5.74) is -0.572. The Bertz CT molecular complexity index is 296. The van der Waals surface area contributed by atoms with Gasteiger partial charge in [-0.25, -0.2) is 4.98 Å². The molecule has 13 heavy (non-hydrogen) atoms. The first-order chi connectivity index (χ1) is 6.18. The fraction of sp³-hybridized carbons (Fsp3) is 0.625. The summed E-state index contributed by atoms with van der Waals surface area (Å²) in [6.45, 7) is 1.59. The molecule has 2 N–H and O–H groups in total. The third-order valence-corrected chi connectivity index (χ3v) is 3.70. The molecule has 2 rings (SSSR count). The molecule has 0 spiro atoms. The van der Waals surface area contributed by atoms with E-state index in [4.69, 9.17) is 0 Å². The van der Waals surface area contributed by atoms with Crippen LogP contribution in [0.2, 0.25) is 0 Å². The lowest BCUT2D eigenvalue weighted by atomic mass is 10.00. The third-order valence-electron chi connectivity index (χ3n) is 2.23. The Morgan fingerprint density at radius 2 is 2.62 bits per heavy atom. The summed E-state index contributed by atoms with van der Waals surface area (Å²) in [5, 5.41) is 14.2. The number of aromatic nitrogens is 1. The van der Waals surface area contributed by atoms with Gasteiger partial charge < -0.3 is 10.4 Å². The van der Waals surface area contributed by atoms with Crippen LogP contribution in [-0.4, -0.2) is 28.8 Å². The van der Waals surface area contributed by atoms with E-state index in [1.165, 1.54) is 0 Å². The zero-order valence-electron chi connectivity index (χ0n) is 7.09. The number of hydrogen-bond donors (Lipinski definition) is 2. The van der Waals surface area contributed by atoms with Gasteiger partial charge in [0.2, 0.25) is 0 Å². The second-order valence-corrected chi connectivity index (χ2v) is 5.88. The van der Waals surface area contributed by atoms with Crippen LogP contribution in [0.1, 0.15) is 11.4 Å². The molecule has 2 heterocycles. The summed E-state index contributed by atoms with van der Waals surface area (Å²) >= 11 is 4.95. The first-order valence-corrected chi connectivity index (χ1v) is 5.82. The summed E-state index contributed by atoms with van der Waals surface area (Å²) in [5.74, 6) is 0. The number of hydrogen-bond acceptors (Lipinski definition) is 4. The maximum absolute atomic E-state index is 10.0. The quantitative estimate of drug-likeness (QED) is 0.842. The number of nitrogens with zero attached hydrogens (tertiary/aromatic N) is 1. The molecule has 0 radical (unpaired) electrons. The molecule has 3 nitrogen and oxygen atoms in total. The fourth-order valence-electron chi connectivity index (χ4n) is 1.53. The van der Waals surface area contributed by atoms with Crippen LogP contribution >= 0.6 is 27.3 Å². The van der Waals surface area contributed by atoms with Crippen molar-refractivity contribution in [3.8, 4) is 0 Å². The van der Waals surface area contributed by atoms with E-state index < -0.39 is 5.60 Å². The fourth-order valence-corrected chi connectivity index (χ4v) is 2.97. The van der Waals surface area contributed by atoms with Gasteiger partial charge in [0.05, 0.1) is 20.6 Å². The van der Waals surface area contributed by atoms with E-state index in [0.717, 1.165) is 21.8 Å². The van der Waals surface area contributed by atoms with E-state index in [0.29, 0.717) is 13.0 Å². The lowest BCUT2D eigenvalue weighted by Crippen LogP contribution is -2.33.